The van der Waals surface area contributed by atoms with Gasteiger partial charge in [-0.1, -0.05) is 66.4 Å². The number of rotatable bonds is 5. The Kier molecular flexibility index (Phi) is 5.43. The minimum absolute atomic E-state index is 0.0873. The monoisotopic (exact) mass is 363 g/mol. The van der Waals surface area contributed by atoms with Gasteiger partial charge in [-0.25, -0.2) is 0 Å². The molecule has 132 valence electrons. The van der Waals surface area contributed by atoms with E-state index in [0.717, 1.165) is 34.3 Å². The highest BCUT2D eigenvalue weighted by atomic mass is 32.2. The molecule has 1 heterocycles. The van der Waals surface area contributed by atoms with Crippen molar-refractivity contribution in [2.24, 2.45) is 0 Å². The average molecular weight is 363 g/mol. The molecule has 0 aliphatic heterocycles. The van der Waals surface area contributed by atoms with Crippen LogP contribution in [0.4, 0.5) is 0 Å². The fourth-order valence-corrected chi connectivity index (χ4v) is 3.73. The molecule has 0 fully saturated rings. The van der Waals surface area contributed by atoms with E-state index in [9.17, 15) is 9.59 Å². The molecular formula is C22H21NO2S. The quantitative estimate of drug-likeness (QED) is 0.652. The highest BCUT2D eigenvalue weighted by Crippen LogP contribution is 2.27. The second-order valence-electron chi connectivity index (χ2n) is 6.27. The van der Waals surface area contributed by atoms with Gasteiger partial charge >= 0.3 is 0 Å². The van der Waals surface area contributed by atoms with Gasteiger partial charge in [-0.2, -0.15) is 0 Å². The summed E-state index contributed by atoms with van der Waals surface area (Å²) in [5, 5.41) is -0.0873. The Labute approximate surface area is 157 Å². The number of thioether (sulfide) groups is 1. The third-order valence-corrected chi connectivity index (χ3v) is 5.07. The minimum Gasteiger partial charge on any atom is -0.361 e. The Morgan fingerprint density at radius 3 is 2.19 bits per heavy atom. The van der Waals surface area contributed by atoms with Crippen molar-refractivity contribution in [1.82, 2.24) is 4.98 Å². The van der Waals surface area contributed by atoms with Crippen LogP contribution in [0.5, 0.6) is 0 Å². The van der Waals surface area contributed by atoms with Gasteiger partial charge in [0.15, 0.2) is 5.78 Å². The largest absolute Gasteiger partial charge is 0.361 e. The number of H-pyrrole nitrogens is 1. The normalized spacial score (nSPS) is 10.7. The maximum atomic E-state index is 13.4. The van der Waals surface area contributed by atoms with E-state index in [1.54, 1.807) is 6.26 Å². The molecular weight excluding hydrogens is 342 g/mol. The van der Waals surface area contributed by atoms with Crippen molar-refractivity contribution in [3.8, 4) is 0 Å². The van der Waals surface area contributed by atoms with Crippen LogP contribution in [-0.4, -0.2) is 22.1 Å². The zero-order chi connectivity index (χ0) is 18.7. The van der Waals surface area contributed by atoms with Crippen molar-refractivity contribution in [3.63, 3.8) is 0 Å². The summed E-state index contributed by atoms with van der Waals surface area (Å²) in [6.45, 7) is 3.68. The first kappa shape index (κ1) is 18.2. The molecule has 0 unspecified atom stereocenters. The molecule has 3 aromatic rings. The summed E-state index contributed by atoms with van der Waals surface area (Å²) in [5.41, 5.74) is 5.22. The Bertz CT molecular complexity index is 958. The van der Waals surface area contributed by atoms with E-state index < -0.39 is 0 Å². The summed E-state index contributed by atoms with van der Waals surface area (Å²) in [5.74, 6) is -0.101. The Morgan fingerprint density at radius 2 is 1.50 bits per heavy atom. The lowest BCUT2D eigenvalue weighted by Gasteiger charge is -2.10. The van der Waals surface area contributed by atoms with Crippen molar-refractivity contribution in [2.75, 3.05) is 6.26 Å². The molecule has 0 aliphatic rings. The summed E-state index contributed by atoms with van der Waals surface area (Å²) in [7, 11) is 0. The lowest BCUT2D eigenvalue weighted by molar-refractivity contribution is 0.102. The zero-order valence-corrected chi connectivity index (χ0v) is 15.9. The summed E-state index contributed by atoms with van der Waals surface area (Å²) < 4.78 is 0. The molecule has 0 amide bonds. The van der Waals surface area contributed by atoms with Crippen LogP contribution in [0.25, 0.3) is 0 Å². The molecule has 3 nitrogen and oxygen atoms in total. The van der Waals surface area contributed by atoms with Crippen molar-refractivity contribution in [3.05, 3.63) is 93.8 Å². The number of aromatic nitrogens is 1. The molecule has 0 atom stereocenters. The number of carbonyl (C=O) groups is 2. The Hall–Kier alpha value is -2.59. The van der Waals surface area contributed by atoms with Gasteiger partial charge in [-0.15, -0.1) is 0 Å². The molecule has 0 saturated carbocycles. The van der Waals surface area contributed by atoms with E-state index in [1.165, 1.54) is 0 Å². The summed E-state index contributed by atoms with van der Waals surface area (Å²) >= 11 is 1.13. The number of hydrogen-bond donors (Lipinski definition) is 1. The van der Waals surface area contributed by atoms with E-state index in [1.807, 2.05) is 56.3 Å². The van der Waals surface area contributed by atoms with Crippen LogP contribution in [0.3, 0.4) is 0 Å². The van der Waals surface area contributed by atoms with Crippen LogP contribution in [0, 0.1) is 13.8 Å². The van der Waals surface area contributed by atoms with E-state index in [0.29, 0.717) is 23.1 Å². The van der Waals surface area contributed by atoms with Crippen molar-refractivity contribution >= 4 is 22.7 Å². The average Bonchev–Trinajstić information content (AvgIpc) is 2.95. The molecule has 0 bridgehead atoms. The van der Waals surface area contributed by atoms with E-state index in [4.69, 9.17) is 0 Å². The van der Waals surface area contributed by atoms with Crippen molar-refractivity contribution < 1.29 is 9.59 Å². The highest BCUT2D eigenvalue weighted by molar-refractivity contribution is 8.13. The standard InChI is InChI=1S/C22H21NO2S/c1-14-19(20(15(2)23-14)22(25)26-3)21(24)18-12-8-7-11-17(18)13-16-9-5-4-6-10-16/h4-12,23H,13H2,1-3H3. The number of carbonyl (C=O) groups excluding carboxylic acids is 2. The van der Waals surface area contributed by atoms with Crippen LogP contribution in [-0.2, 0) is 6.42 Å². The highest BCUT2D eigenvalue weighted by Gasteiger charge is 2.26. The van der Waals surface area contributed by atoms with E-state index in [-0.39, 0.29) is 10.9 Å². The molecule has 1 aromatic heterocycles. The van der Waals surface area contributed by atoms with Gasteiger partial charge in [0.2, 0.25) is 5.12 Å². The summed E-state index contributed by atoms with van der Waals surface area (Å²) in [6, 6.07) is 17.7. The lowest BCUT2D eigenvalue weighted by Crippen LogP contribution is -2.11. The number of ketones is 1. The fourth-order valence-electron chi connectivity index (χ4n) is 3.27. The predicted molar refractivity (Wildman–Crippen MR) is 107 cm³/mol. The number of hydrogen-bond acceptors (Lipinski definition) is 3. The second-order valence-corrected chi connectivity index (χ2v) is 7.04. The van der Waals surface area contributed by atoms with E-state index in [2.05, 4.69) is 17.1 Å². The lowest BCUT2D eigenvalue weighted by atomic mass is 9.92. The number of benzene rings is 2. The fraction of sp³-hybridized carbons (Fsp3) is 0.182. The molecule has 2 aromatic carbocycles. The summed E-state index contributed by atoms with van der Waals surface area (Å²) in [4.78, 5) is 28.9. The first-order chi connectivity index (χ1) is 12.5. The molecule has 26 heavy (non-hydrogen) atoms. The topological polar surface area (TPSA) is 49.9 Å². The third-order valence-electron chi connectivity index (χ3n) is 4.49. The van der Waals surface area contributed by atoms with Crippen LogP contribution < -0.4 is 0 Å². The van der Waals surface area contributed by atoms with Gasteiger partial charge in [0.25, 0.3) is 0 Å². The van der Waals surface area contributed by atoms with Crippen LogP contribution in [0.2, 0.25) is 0 Å². The van der Waals surface area contributed by atoms with Crippen molar-refractivity contribution in [2.45, 2.75) is 20.3 Å². The second kappa shape index (κ2) is 7.75. The van der Waals surface area contributed by atoms with Crippen LogP contribution >= 0.6 is 11.8 Å². The van der Waals surface area contributed by atoms with Gasteiger partial charge in [-0.3, -0.25) is 9.59 Å². The Balaban J connectivity index is 2.06. The molecule has 4 heteroatoms. The molecule has 0 spiro atoms. The maximum absolute atomic E-state index is 13.4. The van der Waals surface area contributed by atoms with Gasteiger partial charge in [0.1, 0.15) is 0 Å². The van der Waals surface area contributed by atoms with Crippen molar-refractivity contribution in [1.29, 1.82) is 0 Å². The maximum Gasteiger partial charge on any atom is 0.221 e. The SMILES string of the molecule is CSC(=O)c1c(C)[nH]c(C)c1C(=O)c1ccccc1Cc1ccccc1. The molecule has 3 rings (SSSR count). The van der Waals surface area contributed by atoms with Gasteiger partial charge in [0, 0.05) is 17.0 Å². The van der Waals surface area contributed by atoms with Gasteiger partial charge < -0.3 is 4.98 Å². The van der Waals surface area contributed by atoms with Crippen LogP contribution in [0.15, 0.2) is 54.6 Å². The zero-order valence-electron chi connectivity index (χ0n) is 15.1. The Morgan fingerprint density at radius 1 is 0.885 bits per heavy atom. The van der Waals surface area contributed by atoms with E-state index >= 15 is 0 Å². The third kappa shape index (κ3) is 3.51. The number of nitrogens with one attached hydrogen (secondary N) is 1. The van der Waals surface area contributed by atoms with Gasteiger partial charge in [0.05, 0.1) is 11.1 Å². The smallest absolute Gasteiger partial charge is 0.221 e. The molecule has 0 radical (unpaired) electrons. The first-order valence-corrected chi connectivity index (χ1v) is 9.69. The van der Waals surface area contributed by atoms with Gasteiger partial charge in [-0.05, 0) is 37.7 Å². The molecule has 1 N–H and O–H groups in total. The molecule has 0 aliphatic carbocycles. The summed E-state index contributed by atoms with van der Waals surface area (Å²) in [6.07, 6.45) is 2.42. The number of aryl methyl sites for hydroxylation is 2. The first-order valence-electron chi connectivity index (χ1n) is 8.47. The number of aromatic amines is 1. The molecule has 0 saturated heterocycles. The minimum atomic E-state index is -0.101. The van der Waals surface area contributed by atoms with Crippen LogP contribution in [0.1, 0.15) is 48.8 Å². The predicted octanol–water partition coefficient (Wildman–Crippen LogP) is 4.96.